The van der Waals surface area contributed by atoms with Crippen molar-refractivity contribution in [3.63, 3.8) is 0 Å². The Hall–Kier alpha value is -4.61. The van der Waals surface area contributed by atoms with E-state index in [1.54, 1.807) is 35.3 Å². The Morgan fingerprint density at radius 2 is 2.00 bits per heavy atom. The number of aliphatic carboxylic acids is 1. The number of benzene rings is 3. The van der Waals surface area contributed by atoms with E-state index in [0.29, 0.717) is 64.9 Å². The van der Waals surface area contributed by atoms with Crippen LogP contribution in [0.3, 0.4) is 0 Å². The number of carboxylic acids is 1. The number of aromatic nitrogens is 3. The number of nitrogens with two attached hydrogens (primary N) is 1. The van der Waals surface area contributed by atoms with Crippen LogP contribution < -0.4 is 11.1 Å². The minimum atomic E-state index is -0.857. The van der Waals surface area contributed by atoms with Crippen molar-refractivity contribution in [1.29, 1.82) is 0 Å². The molecule has 1 unspecified atom stereocenters. The zero-order valence-corrected chi connectivity index (χ0v) is 27.0. The van der Waals surface area contributed by atoms with Crippen molar-refractivity contribution in [1.82, 2.24) is 20.1 Å². The maximum absolute atomic E-state index is 15.7. The largest absolute Gasteiger partial charge is 0.481 e. The first-order valence-electron chi connectivity index (χ1n) is 15.5. The summed E-state index contributed by atoms with van der Waals surface area (Å²) < 4.78 is 39.0. The van der Waals surface area contributed by atoms with E-state index in [2.05, 4.69) is 10.3 Å². The normalized spacial score (nSPS) is 18.2. The van der Waals surface area contributed by atoms with Gasteiger partial charge in [0.15, 0.2) is 0 Å². The van der Waals surface area contributed by atoms with Crippen LogP contribution in [-0.2, 0) is 22.5 Å². The fourth-order valence-corrected chi connectivity index (χ4v) is 6.78. The van der Waals surface area contributed by atoms with Crippen molar-refractivity contribution in [3.8, 4) is 11.3 Å². The summed E-state index contributed by atoms with van der Waals surface area (Å²) in [4.78, 5) is 15.4. The zero-order valence-electron chi connectivity index (χ0n) is 26.2. The molecule has 4 bridgehead atoms. The molecule has 0 spiro atoms. The monoisotopic (exact) mass is 657 g/mol. The standard InChI is InChI=1S/C36H37F2N5O3S/c1-36(2)21-46-15-12-32(23-5-3-4-22(16-23)6-9-34(44)45)43-14-11-30(42-43)26-17-24(7-8-28(26)37)47-35-27(19-40-20-33(36)39)25-10-13-41-31(25)18-29(35)38/h3-5,7-8,10-11,13-14,16-18,20,32,40-41H,6,9,12,15,19,21,39H2,1-2H3,(H,44,45)/b33-20-. The Morgan fingerprint density at radius 1 is 1.15 bits per heavy atom. The average molecular weight is 658 g/mol. The number of carboxylic acid groups (broad SMARTS) is 1. The minimum absolute atomic E-state index is 0.0279. The van der Waals surface area contributed by atoms with Gasteiger partial charge in [-0.1, -0.05) is 49.9 Å². The van der Waals surface area contributed by atoms with Gasteiger partial charge in [0, 0.05) is 70.6 Å². The van der Waals surface area contributed by atoms with Crippen LogP contribution >= 0.6 is 11.8 Å². The maximum atomic E-state index is 15.7. The first-order valence-corrected chi connectivity index (χ1v) is 16.3. The summed E-state index contributed by atoms with van der Waals surface area (Å²) >= 11 is 1.23. The van der Waals surface area contributed by atoms with Crippen LogP contribution in [0.5, 0.6) is 0 Å². The van der Waals surface area contributed by atoms with E-state index in [1.807, 2.05) is 50.4 Å². The molecule has 5 aromatic rings. The molecule has 2 aromatic heterocycles. The Bertz CT molecular complexity index is 1950. The molecule has 0 radical (unpaired) electrons. The lowest BCUT2D eigenvalue weighted by Gasteiger charge is -2.26. The summed E-state index contributed by atoms with van der Waals surface area (Å²) in [6, 6.07) is 17.4. The van der Waals surface area contributed by atoms with Gasteiger partial charge in [0.1, 0.15) is 11.6 Å². The van der Waals surface area contributed by atoms with E-state index in [1.165, 1.54) is 23.9 Å². The molecule has 0 aliphatic carbocycles. The van der Waals surface area contributed by atoms with Crippen LogP contribution in [0.25, 0.3) is 22.2 Å². The van der Waals surface area contributed by atoms with Crippen LogP contribution in [0.2, 0.25) is 0 Å². The number of hydrogen-bond acceptors (Lipinski definition) is 6. The second kappa shape index (κ2) is 13.6. The molecule has 3 heterocycles. The Labute approximate surface area is 276 Å². The van der Waals surface area contributed by atoms with Crippen molar-refractivity contribution in [2.45, 2.75) is 55.5 Å². The third-order valence-electron chi connectivity index (χ3n) is 8.51. The van der Waals surface area contributed by atoms with Crippen molar-refractivity contribution in [3.05, 3.63) is 113 Å². The lowest BCUT2D eigenvalue weighted by atomic mass is 9.91. The molecular weight excluding hydrogens is 620 g/mol. The molecule has 47 heavy (non-hydrogen) atoms. The highest BCUT2D eigenvalue weighted by molar-refractivity contribution is 7.99. The molecule has 5 N–H and O–H groups in total. The highest BCUT2D eigenvalue weighted by Gasteiger charge is 2.24. The molecule has 0 amide bonds. The number of rotatable bonds is 4. The highest BCUT2D eigenvalue weighted by Crippen LogP contribution is 2.39. The molecule has 8 nitrogen and oxygen atoms in total. The molecule has 6 rings (SSSR count). The Morgan fingerprint density at radius 3 is 2.83 bits per heavy atom. The van der Waals surface area contributed by atoms with Crippen LogP contribution in [0.15, 0.2) is 94.7 Å². The topological polar surface area (TPSA) is 118 Å². The van der Waals surface area contributed by atoms with Gasteiger partial charge in [-0.15, -0.1) is 0 Å². The van der Waals surface area contributed by atoms with Gasteiger partial charge < -0.3 is 25.9 Å². The lowest BCUT2D eigenvalue weighted by Crippen LogP contribution is -2.29. The molecule has 1 aliphatic heterocycles. The number of nitrogens with one attached hydrogen (secondary N) is 2. The first kappa shape index (κ1) is 32.3. The van der Waals surface area contributed by atoms with E-state index in [9.17, 15) is 9.90 Å². The smallest absolute Gasteiger partial charge is 0.303 e. The summed E-state index contributed by atoms with van der Waals surface area (Å²) in [7, 11) is 0. The highest BCUT2D eigenvalue weighted by atomic mass is 32.2. The van der Waals surface area contributed by atoms with E-state index in [0.717, 1.165) is 22.1 Å². The van der Waals surface area contributed by atoms with E-state index in [4.69, 9.17) is 15.6 Å². The molecule has 1 aliphatic rings. The van der Waals surface area contributed by atoms with Gasteiger partial charge in [-0.3, -0.25) is 9.48 Å². The molecule has 11 heteroatoms. The number of halogens is 2. The lowest BCUT2D eigenvalue weighted by molar-refractivity contribution is -0.136. The van der Waals surface area contributed by atoms with Crippen LogP contribution in [0.4, 0.5) is 8.78 Å². The quantitative estimate of drug-likeness (QED) is 0.159. The number of carbonyl (C=O) groups is 1. The van der Waals surface area contributed by atoms with E-state index < -0.39 is 17.2 Å². The molecule has 3 aromatic carbocycles. The summed E-state index contributed by atoms with van der Waals surface area (Å²) in [5, 5.41) is 18.2. The number of aryl methyl sites for hydroxylation is 1. The maximum Gasteiger partial charge on any atom is 0.303 e. The SMILES string of the molecule is CC1(C)COCCC(c2cccc(CCC(=O)O)c2)n2ccc(n2)-c2cc(ccc2F)Sc2c(F)cc3[nH]ccc3c2CN/C=C/1N. The third-order valence-corrected chi connectivity index (χ3v) is 9.64. The Kier molecular flexibility index (Phi) is 9.38. The van der Waals surface area contributed by atoms with Crippen LogP contribution in [-0.4, -0.2) is 39.1 Å². The van der Waals surface area contributed by atoms with Crippen molar-refractivity contribution in [2.24, 2.45) is 11.1 Å². The molecule has 244 valence electrons. The van der Waals surface area contributed by atoms with Gasteiger partial charge in [-0.05, 0) is 65.9 Å². The van der Waals surface area contributed by atoms with Gasteiger partial charge in [-0.2, -0.15) is 5.10 Å². The van der Waals surface area contributed by atoms with Gasteiger partial charge >= 0.3 is 5.97 Å². The average Bonchev–Trinajstić information content (AvgIpc) is 3.72. The number of nitrogens with zero attached hydrogens (tertiary/aromatic N) is 2. The van der Waals surface area contributed by atoms with Crippen molar-refractivity contribution < 1.29 is 23.4 Å². The molecule has 1 atom stereocenters. The van der Waals surface area contributed by atoms with Crippen LogP contribution in [0.1, 0.15) is 49.4 Å². The fourth-order valence-electron chi connectivity index (χ4n) is 5.77. The summed E-state index contributed by atoms with van der Waals surface area (Å²) in [6.45, 7) is 5.06. The zero-order chi connectivity index (χ0) is 33.1. The fraction of sp³-hybridized carbons (Fsp3) is 0.278. The van der Waals surface area contributed by atoms with E-state index in [-0.39, 0.29) is 18.3 Å². The van der Waals surface area contributed by atoms with Crippen molar-refractivity contribution in [2.75, 3.05) is 13.2 Å². The van der Waals surface area contributed by atoms with Crippen LogP contribution in [0, 0.1) is 17.0 Å². The van der Waals surface area contributed by atoms with E-state index >= 15 is 8.78 Å². The van der Waals surface area contributed by atoms with Gasteiger partial charge in [0.05, 0.1) is 23.2 Å². The number of ether oxygens (including phenoxy) is 1. The predicted molar refractivity (Wildman–Crippen MR) is 179 cm³/mol. The summed E-state index contributed by atoms with van der Waals surface area (Å²) in [5.41, 5.74) is 10.7. The number of H-pyrrole nitrogens is 1. The van der Waals surface area contributed by atoms with Gasteiger partial charge in [0.2, 0.25) is 0 Å². The summed E-state index contributed by atoms with van der Waals surface area (Å²) in [5.74, 6) is -1.68. The molecule has 0 saturated carbocycles. The number of fused-ring (bicyclic) bond motifs is 8. The third kappa shape index (κ3) is 7.21. The van der Waals surface area contributed by atoms with Gasteiger partial charge in [0.25, 0.3) is 0 Å². The molecule has 0 fully saturated rings. The molecular formula is C36H37F2N5O3S. The number of hydrogen-bond donors (Lipinski definition) is 4. The summed E-state index contributed by atoms with van der Waals surface area (Å²) in [6.07, 6.45) is 6.33. The second-order valence-electron chi connectivity index (χ2n) is 12.4. The second-order valence-corrected chi connectivity index (χ2v) is 13.5. The van der Waals surface area contributed by atoms with Crippen molar-refractivity contribution >= 4 is 28.6 Å². The molecule has 0 saturated heterocycles. The predicted octanol–water partition coefficient (Wildman–Crippen LogP) is 7.40. The minimum Gasteiger partial charge on any atom is -0.481 e. The first-order chi connectivity index (χ1) is 22.6. The number of aromatic amines is 1. The van der Waals surface area contributed by atoms with Gasteiger partial charge in [-0.25, -0.2) is 8.78 Å². The Balaban J connectivity index is 1.42.